The first-order valence-corrected chi connectivity index (χ1v) is 13.4. The highest BCUT2D eigenvalue weighted by Crippen LogP contribution is 2.32. The minimum atomic E-state index is -0.673. The minimum Gasteiger partial charge on any atom is -0.493 e. The summed E-state index contributed by atoms with van der Waals surface area (Å²) in [5, 5.41) is 6.52. The van der Waals surface area contributed by atoms with Gasteiger partial charge in [-0.1, -0.05) is 83.2 Å². The molecule has 0 bridgehead atoms. The first-order chi connectivity index (χ1) is 20.1. The van der Waals surface area contributed by atoms with E-state index in [1.54, 1.807) is 14.2 Å². The molecule has 0 radical (unpaired) electrons. The van der Waals surface area contributed by atoms with Gasteiger partial charge in [0.25, 0.3) is 0 Å². The van der Waals surface area contributed by atoms with Gasteiger partial charge in [-0.15, -0.1) is 0 Å². The highest BCUT2D eigenvalue weighted by Gasteiger charge is 2.25. The van der Waals surface area contributed by atoms with Crippen molar-refractivity contribution in [1.82, 2.24) is 0 Å². The Morgan fingerprint density at radius 1 is 0.585 bits per heavy atom. The zero-order valence-corrected chi connectivity index (χ0v) is 23.3. The Kier molecular flexibility index (Phi) is 10.8. The molecule has 0 saturated carbocycles. The highest BCUT2D eigenvalue weighted by molar-refractivity contribution is 5.44. The Bertz CT molecular complexity index is 1400. The SMILES string of the molecule is COc1cc(CC(CN=O)C(Cc2ccc(OCc3ccccc3)c(OC)c2)N=O)ccc1OCc1ccccc1. The maximum absolute atomic E-state index is 12.0. The van der Waals surface area contributed by atoms with Crippen LogP contribution in [0.5, 0.6) is 23.0 Å². The molecule has 2 unspecified atom stereocenters. The van der Waals surface area contributed by atoms with Gasteiger partial charge in [-0.25, -0.2) is 0 Å². The molecule has 8 heteroatoms. The Morgan fingerprint density at radius 2 is 1.07 bits per heavy atom. The molecule has 0 N–H and O–H groups in total. The van der Waals surface area contributed by atoms with Gasteiger partial charge in [0.15, 0.2) is 23.0 Å². The zero-order chi connectivity index (χ0) is 28.9. The van der Waals surface area contributed by atoms with Crippen molar-refractivity contribution in [3.05, 3.63) is 129 Å². The van der Waals surface area contributed by atoms with Gasteiger partial charge in [0, 0.05) is 5.92 Å². The molecular weight excluding hydrogens is 520 g/mol. The van der Waals surface area contributed by atoms with Crippen molar-refractivity contribution >= 4 is 0 Å². The molecule has 41 heavy (non-hydrogen) atoms. The van der Waals surface area contributed by atoms with Crippen molar-refractivity contribution in [2.45, 2.75) is 32.1 Å². The van der Waals surface area contributed by atoms with Crippen LogP contribution in [0.15, 0.2) is 107 Å². The van der Waals surface area contributed by atoms with Crippen LogP contribution in [0.2, 0.25) is 0 Å². The summed E-state index contributed by atoms with van der Waals surface area (Å²) in [5.74, 6) is 1.94. The van der Waals surface area contributed by atoms with Crippen LogP contribution < -0.4 is 18.9 Å². The number of hydrogen-bond donors (Lipinski definition) is 0. The van der Waals surface area contributed by atoms with Gasteiger partial charge in [-0.05, 0) is 59.4 Å². The molecular formula is C33H34N2O6. The van der Waals surface area contributed by atoms with Crippen molar-refractivity contribution < 1.29 is 18.9 Å². The van der Waals surface area contributed by atoms with Gasteiger partial charge in [-0.3, -0.25) is 0 Å². The molecule has 212 valence electrons. The van der Waals surface area contributed by atoms with E-state index >= 15 is 0 Å². The van der Waals surface area contributed by atoms with Crippen molar-refractivity contribution in [1.29, 1.82) is 0 Å². The normalized spacial score (nSPS) is 12.1. The first-order valence-electron chi connectivity index (χ1n) is 13.4. The third kappa shape index (κ3) is 8.38. The fourth-order valence-electron chi connectivity index (χ4n) is 4.64. The maximum Gasteiger partial charge on any atom is 0.161 e. The van der Waals surface area contributed by atoms with E-state index in [4.69, 9.17) is 18.9 Å². The van der Waals surface area contributed by atoms with Crippen LogP contribution in [0.4, 0.5) is 0 Å². The van der Waals surface area contributed by atoms with E-state index in [-0.39, 0.29) is 6.54 Å². The smallest absolute Gasteiger partial charge is 0.161 e. The number of rotatable bonds is 16. The van der Waals surface area contributed by atoms with E-state index in [2.05, 4.69) is 10.4 Å². The third-order valence-electron chi connectivity index (χ3n) is 6.86. The number of hydrogen-bond acceptors (Lipinski definition) is 8. The molecule has 4 aromatic rings. The predicted octanol–water partition coefficient (Wildman–Crippen LogP) is 7.16. The summed E-state index contributed by atoms with van der Waals surface area (Å²) >= 11 is 0. The van der Waals surface area contributed by atoms with Gasteiger partial charge in [-0.2, -0.15) is 9.81 Å². The Labute approximate surface area is 240 Å². The molecule has 0 spiro atoms. The van der Waals surface area contributed by atoms with Gasteiger partial charge >= 0.3 is 0 Å². The molecule has 0 aromatic heterocycles. The number of nitrogens with zero attached hydrogens (tertiary/aromatic N) is 2. The molecule has 2 atom stereocenters. The third-order valence-corrected chi connectivity index (χ3v) is 6.86. The molecule has 0 amide bonds. The number of methoxy groups -OCH3 is 2. The molecule has 0 aliphatic heterocycles. The fraction of sp³-hybridized carbons (Fsp3) is 0.273. The van der Waals surface area contributed by atoms with E-state index in [9.17, 15) is 9.81 Å². The van der Waals surface area contributed by atoms with E-state index in [0.29, 0.717) is 49.1 Å². The van der Waals surface area contributed by atoms with Gasteiger partial charge in [0.2, 0.25) is 0 Å². The molecule has 0 fully saturated rings. The van der Waals surface area contributed by atoms with E-state index < -0.39 is 12.0 Å². The molecule has 0 saturated heterocycles. The van der Waals surface area contributed by atoms with E-state index in [1.807, 2.05) is 97.1 Å². The monoisotopic (exact) mass is 554 g/mol. The van der Waals surface area contributed by atoms with Crippen LogP contribution in [0, 0.1) is 15.7 Å². The van der Waals surface area contributed by atoms with Gasteiger partial charge < -0.3 is 18.9 Å². The lowest BCUT2D eigenvalue weighted by atomic mass is 9.88. The summed E-state index contributed by atoms with van der Waals surface area (Å²) < 4.78 is 23.0. The lowest BCUT2D eigenvalue weighted by Crippen LogP contribution is -2.25. The quantitative estimate of drug-likeness (QED) is 0.136. The molecule has 8 nitrogen and oxygen atoms in total. The number of ether oxygens (including phenoxy) is 4. The van der Waals surface area contributed by atoms with Crippen molar-refractivity contribution in [2.75, 3.05) is 20.8 Å². The Hall–Kier alpha value is -4.72. The zero-order valence-electron chi connectivity index (χ0n) is 23.3. The average Bonchev–Trinajstić information content (AvgIpc) is 3.03. The summed E-state index contributed by atoms with van der Waals surface area (Å²) in [7, 11) is 3.15. The maximum atomic E-state index is 12.0. The van der Waals surface area contributed by atoms with Gasteiger partial charge in [0.05, 0.1) is 20.8 Å². The van der Waals surface area contributed by atoms with Crippen LogP contribution in [0.1, 0.15) is 22.3 Å². The molecule has 0 heterocycles. The van der Waals surface area contributed by atoms with Crippen LogP contribution in [0.3, 0.4) is 0 Å². The second kappa shape index (κ2) is 15.2. The minimum absolute atomic E-state index is 0.0413. The predicted molar refractivity (Wildman–Crippen MR) is 159 cm³/mol. The highest BCUT2D eigenvalue weighted by atomic mass is 16.5. The van der Waals surface area contributed by atoms with Crippen molar-refractivity contribution in [3.63, 3.8) is 0 Å². The van der Waals surface area contributed by atoms with Gasteiger partial charge in [0.1, 0.15) is 19.3 Å². The summed E-state index contributed by atoms with van der Waals surface area (Å²) in [6, 6.07) is 30.2. The lowest BCUT2D eigenvalue weighted by Gasteiger charge is -2.21. The summed E-state index contributed by atoms with van der Waals surface area (Å²) in [4.78, 5) is 23.3. The van der Waals surface area contributed by atoms with Crippen molar-refractivity contribution in [2.24, 2.45) is 16.3 Å². The lowest BCUT2D eigenvalue weighted by molar-refractivity contribution is 0.284. The van der Waals surface area contributed by atoms with Crippen LogP contribution >= 0.6 is 0 Å². The second-order valence-corrected chi connectivity index (χ2v) is 9.67. The second-order valence-electron chi connectivity index (χ2n) is 9.67. The summed E-state index contributed by atoms with van der Waals surface area (Å²) in [6.45, 7) is 0.771. The van der Waals surface area contributed by atoms with E-state index in [0.717, 1.165) is 22.3 Å². The molecule has 4 aromatic carbocycles. The standard InChI is InChI=1S/C33H34N2O6/c1-38-32-19-26(13-15-30(32)40-22-24-9-5-3-6-10-24)17-28(21-34-36)29(35-37)18-27-14-16-31(33(20-27)39-2)41-23-25-11-7-4-8-12-25/h3-16,19-20,28-29H,17-18,21-23H2,1-2H3. The first kappa shape index (κ1) is 29.3. The van der Waals surface area contributed by atoms with Crippen LogP contribution in [-0.4, -0.2) is 26.8 Å². The number of benzene rings is 4. The molecule has 4 rings (SSSR count). The van der Waals surface area contributed by atoms with Crippen LogP contribution in [-0.2, 0) is 26.1 Å². The molecule has 0 aliphatic rings. The topological polar surface area (TPSA) is 95.8 Å². The average molecular weight is 555 g/mol. The summed E-state index contributed by atoms with van der Waals surface area (Å²) in [5.41, 5.74) is 3.82. The largest absolute Gasteiger partial charge is 0.493 e. The van der Waals surface area contributed by atoms with Crippen LogP contribution in [0.25, 0.3) is 0 Å². The van der Waals surface area contributed by atoms with E-state index in [1.165, 1.54) is 0 Å². The molecule has 0 aliphatic carbocycles. The fourth-order valence-corrected chi connectivity index (χ4v) is 4.64. The van der Waals surface area contributed by atoms with Crippen molar-refractivity contribution in [3.8, 4) is 23.0 Å². The Morgan fingerprint density at radius 3 is 1.51 bits per heavy atom. The Balaban J connectivity index is 1.44. The number of nitroso groups, excluding NO2 is 2. The summed E-state index contributed by atoms with van der Waals surface area (Å²) in [6.07, 6.45) is 0.751.